The van der Waals surface area contributed by atoms with Crippen molar-refractivity contribution >= 4 is 40.6 Å². The summed E-state index contributed by atoms with van der Waals surface area (Å²) < 4.78 is 27.0. The minimum atomic E-state index is -0.872. The molecule has 14 nitrogen and oxygen atoms in total. The number of phenolic OH excluding ortho intramolecular Hbond substituents is 1. The van der Waals surface area contributed by atoms with Crippen LogP contribution < -0.4 is 41.3 Å². The minimum absolute atomic E-state index is 0.00258. The van der Waals surface area contributed by atoms with Gasteiger partial charge in [0.1, 0.15) is 28.3 Å². The van der Waals surface area contributed by atoms with Crippen molar-refractivity contribution in [2.45, 2.75) is 100 Å². The van der Waals surface area contributed by atoms with E-state index in [1.807, 2.05) is 36.4 Å². The zero-order chi connectivity index (χ0) is 59.8. The predicted octanol–water partition coefficient (Wildman–Crippen LogP) is 12.0. The molecule has 6 aromatic carbocycles. The lowest BCUT2D eigenvalue weighted by Crippen LogP contribution is -2.60. The van der Waals surface area contributed by atoms with E-state index >= 15 is 0 Å². The molecule has 448 valence electrons. The third kappa shape index (κ3) is 11.3. The van der Waals surface area contributed by atoms with Crippen molar-refractivity contribution in [3.63, 3.8) is 0 Å². The fourth-order valence-electron chi connectivity index (χ4n) is 14.9. The molecule has 3 aliphatic carbocycles. The molecule has 6 atom stereocenters. The van der Waals surface area contributed by atoms with E-state index in [1.165, 1.54) is 48.4 Å². The molecular weight excluding hydrogens is 1090 g/mol. The van der Waals surface area contributed by atoms with E-state index < -0.39 is 12.0 Å². The number of aromatic amines is 1. The van der Waals surface area contributed by atoms with Crippen LogP contribution in [0.15, 0.2) is 160 Å². The Kier molecular flexibility index (Phi) is 16.1. The number of phenols is 1. The Hall–Kier alpha value is -8.56. The number of hydrogen-bond acceptors (Lipinski definition) is 11. The number of nitrogens with two attached hydrogens (primary N) is 2. The summed E-state index contributed by atoms with van der Waals surface area (Å²) in [5.74, 6) is 2.10. The molecule has 4 bridgehead atoms. The number of benzene rings is 6. The predicted molar refractivity (Wildman–Crippen MR) is 345 cm³/mol. The molecule has 3 aliphatic heterocycles. The summed E-state index contributed by atoms with van der Waals surface area (Å²) in [6, 6.07) is 44.5. The van der Waals surface area contributed by atoms with Gasteiger partial charge in [-0.05, 0) is 132 Å². The maximum Gasteiger partial charge on any atom is 0.204 e. The summed E-state index contributed by atoms with van der Waals surface area (Å²) in [7, 11) is 1.52. The number of rotatable bonds is 11. The second-order valence-electron chi connectivity index (χ2n) is 25.0. The highest BCUT2D eigenvalue weighted by Crippen LogP contribution is 2.59. The first kappa shape index (κ1) is 57.5. The Labute approximate surface area is 508 Å². The monoisotopic (exact) mass is 1170 g/mol. The number of methoxy groups -OCH3 is 1. The van der Waals surface area contributed by atoms with E-state index in [0.29, 0.717) is 53.7 Å². The maximum atomic E-state index is 14.9. The van der Waals surface area contributed by atoms with Crippen molar-refractivity contribution in [1.29, 1.82) is 0 Å². The molecule has 87 heavy (non-hydrogen) atoms. The number of anilines is 1. The molecule has 2 aromatic heterocycles. The molecule has 1 saturated heterocycles. The number of ether oxygens (including phenoxy) is 3. The number of aliphatic imine (C=N–C) groups is 1. The van der Waals surface area contributed by atoms with Crippen LogP contribution in [0.1, 0.15) is 102 Å². The van der Waals surface area contributed by atoms with E-state index in [2.05, 4.69) is 107 Å². The van der Waals surface area contributed by atoms with Crippen LogP contribution in [-0.2, 0) is 30.1 Å². The van der Waals surface area contributed by atoms with E-state index in [-0.39, 0.29) is 88.5 Å². The number of aromatic nitrogens is 1. The summed E-state index contributed by atoms with van der Waals surface area (Å²) in [4.78, 5) is 26.7. The van der Waals surface area contributed by atoms with Crippen LogP contribution >= 0.6 is 0 Å². The van der Waals surface area contributed by atoms with Crippen LogP contribution in [0.2, 0.25) is 0 Å². The number of nitrogens with one attached hydrogen (secondary N) is 2. The van der Waals surface area contributed by atoms with Gasteiger partial charge in [0.25, 0.3) is 0 Å². The number of aryl methyl sites for hydroxylation is 2. The number of nitrogens with zero attached hydrogens (tertiary/aromatic N) is 2. The number of fused-ring (bicyclic) bond motifs is 10. The summed E-state index contributed by atoms with van der Waals surface area (Å²) in [5, 5.41) is 37.0. The van der Waals surface area contributed by atoms with Crippen LogP contribution in [0.5, 0.6) is 23.0 Å². The van der Waals surface area contributed by atoms with Crippen molar-refractivity contribution in [2.24, 2.45) is 28.3 Å². The molecule has 9 N–H and O–H groups in total. The normalized spacial score (nSPS) is 21.8. The Morgan fingerprint density at radius 2 is 1.72 bits per heavy atom. The molecule has 0 radical (unpaired) electrons. The van der Waals surface area contributed by atoms with Crippen LogP contribution in [-0.4, -0.2) is 85.0 Å². The number of aliphatic hydroxyl groups is 2. The number of H-pyrrole nitrogens is 1. The standard InChI is InChI=1S/C73H78N6O8/c1-72(30-8-9-31-72)63-38-58-50-15-10-13-46(35-50)18-28-57-66-65(61(83)39-62(87-66)49-22-26-54(81)27-23-49)68(85-34-29-55(82)25-17-45-11-4-3-5-12-45)69(84-2)67(57)86-44-47(43-80)36-51-21-24-53(37-60(51)77-71(74)75)73(64-42-76-32-33-79(64)70(58)78-63)40-52-20-19-48-14-6-7-16-56(48)59(52)41-73/h3-7,10-17,19-27,35,37-39,47,52,55,59,64,76,78,80-82H,8-9,18,28-34,36,40-44H2,1-2H3,(H4,74,75,77). The van der Waals surface area contributed by atoms with Gasteiger partial charge in [0.05, 0.1) is 38.2 Å². The van der Waals surface area contributed by atoms with Gasteiger partial charge in [0.15, 0.2) is 22.9 Å². The number of guanidine groups is 1. The Balaban J connectivity index is 0.987. The van der Waals surface area contributed by atoms with E-state index in [0.717, 1.165) is 79.0 Å². The average Bonchev–Trinajstić information content (AvgIpc) is 2.07. The number of aliphatic hydroxyl groups excluding tert-OH is 2. The third-order valence-corrected chi connectivity index (χ3v) is 19.4. The van der Waals surface area contributed by atoms with Gasteiger partial charge in [0, 0.05) is 77.9 Å². The fourth-order valence-corrected chi connectivity index (χ4v) is 14.9. The highest BCUT2D eigenvalue weighted by molar-refractivity contribution is 5.93. The first-order chi connectivity index (χ1) is 42.4. The SMILES string of the molecule is COc1c2c(c3oc(-c4ccc(O)cc4)cc(=O)c3c1OCCC(O)C=Cc1ccccc1)CCc1cccc(c1)-c1cc(C3(C)CCCC3)[nH]c1N1CCNCC1C1(CC3C=Cc4ccccc4C3C1)c1ccc(c(N=C(N)N)c1)CC(CO)CO2. The summed E-state index contributed by atoms with van der Waals surface area (Å²) in [6.07, 6.45) is 15.3. The van der Waals surface area contributed by atoms with E-state index in [4.69, 9.17) is 35.1 Å². The fraction of sp³-hybridized carbons (Fsp3) is 0.342. The van der Waals surface area contributed by atoms with Crippen molar-refractivity contribution in [3.05, 3.63) is 200 Å². The molecule has 8 aromatic rings. The molecule has 5 heterocycles. The van der Waals surface area contributed by atoms with Gasteiger partial charge in [-0.25, -0.2) is 4.99 Å². The van der Waals surface area contributed by atoms with Gasteiger partial charge >= 0.3 is 0 Å². The summed E-state index contributed by atoms with van der Waals surface area (Å²) >= 11 is 0. The topological polar surface area (TPSA) is 214 Å². The minimum Gasteiger partial charge on any atom is -0.508 e. The van der Waals surface area contributed by atoms with Gasteiger partial charge in [-0.1, -0.05) is 135 Å². The number of hydrogen-bond donors (Lipinski definition) is 7. The molecule has 3 fully saturated rings. The van der Waals surface area contributed by atoms with Gasteiger partial charge < -0.3 is 60.6 Å². The van der Waals surface area contributed by atoms with Crippen LogP contribution in [0.25, 0.3) is 45.6 Å². The molecule has 0 amide bonds. The lowest BCUT2D eigenvalue weighted by atomic mass is 9.69. The lowest BCUT2D eigenvalue weighted by molar-refractivity contribution is 0.157. The van der Waals surface area contributed by atoms with Crippen molar-refractivity contribution in [1.82, 2.24) is 10.3 Å². The lowest BCUT2D eigenvalue weighted by Gasteiger charge is -2.49. The van der Waals surface area contributed by atoms with Gasteiger partial charge in [0.2, 0.25) is 5.75 Å². The highest BCUT2D eigenvalue weighted by atomic mass is 16.5. The Morgan fingerprint density at radius 1 is 0.908 bits per heavy atom. The zero-order valence-corrected chi connectivity index (χ0v) is 49.6. The van der Waals surface area contributed by atoms with Crippen LogP contribution in [0.4, 0.5) is 11.5 Å². The summed E-state index contributed by atoms with van der Waals surface area (Å²) in [6.45, 7) is 4.55. The third-order valence-electron chi connectivity index (χ3n) is 19.4. The van der Waals surface area contributed by atoms with E-state index in [1.54, 1.807) is 30.3 Å². The van der Waals surface area contributed by atoms with Gasteiger partial charge in [-0.15, -0.1) is 0 Å². The number of piperazine rings is 1. The quantitative estimate of drug-likeness (QED) is 0.0476. The van der Waals surface area contributed by atoms with Crippen molar-refractivity contribution in [2.75, 3.05) is 51.5 Å². The molecule has 14 rings (SSSR count). The van der Waals surface area contributed by atoms with E-state index in [9.17, 15) is 20.1 Å². The molecule has 1 spiro atoms. The van der Waals surface area contributed by atoms with Crippen LogP contribution in [0.3, 0.4) is 0 Å². The zero-order valence-electron chi connectivity index (χ0n) is 49.6. The molecular formula is C73H78N6O8. The van der Waals surface area contributed by atoms with Crippen LogP contribution in [0, 0.1) is 11.8 Å². The highest BCUT2D eigenvalue weighted by Gasteiger charge is 2.54. The van der Waals surface area contributed by atoms with Crippen molar-refractivity contribution < 1.29 is 33.9 Å². The smallest absolute Gasteiger partial charge is 0.204 e. The largest absolute Gasteiger partial charge is 0.508 e. The van der Waals surface area contributed by atoms with Crippen molar-refractivity contribution in [3.8, 4) is 45.4 Å². The first-order valence-corrected chi connectivity index (χ1v) is 31.0. The number of aromatic hydroxyl groups is 1. The Bertz CT molecular complexity index is 3970. The van der Waals surface area contributed by atoms with Gasteiger partial charge in [-0.3, -0.25) is 4.79 Å². The second-order valence-corrected chi connectivity index (χ2v) is 25.0. The molecule has 14 heteroatoms. The number of allylic oxidation sites excluding steroid dienone is 1. The maximum absolute atomic E-state index is 14.9. The molecule has 6 aliphatic rings. The summed E-state index contributed by atoms with van der Waals surface area (Å²) in [5.41, 5.74) is 24.2. The average molecular weight is 1170 g/mol. The van der Waals surface area contributed by atoms with Gasteiger partial charge in [-0.2, -0.15) is 0 Å². The molecule has 2 saturated carbocycles. The Morgan fingerprint density at radius 3 is 2.53 bits per heavy atom. The second kappa shape index (κ2) is 24.3. The molecule has 6 unspecified atom stereocenters. The first-order valence-electron chi connectivity index (χ1n) is 31.0.